The number of rotatable bonds is 2. The molecule has 3 rings (SSSR count). The van der Waals surface area contributed by atoms with Crippen molar-refractivity contribution in [3.05, 3.63) is 65.2 Å². The number of nitrogens with one attached hydrogen (secondary N) is 2. The molecule has 4 nitrogen and oxygen atoms in total. The van der Waals surface area contributed by atoms with Crippen molar-refractivity contribution in [2.75, 3.05) is 10.6 Å². The minimum atomic E-state index is -0.411. The van der Waals surface area contributed by atoms with Crippen LogP contribution >= 0.6 is 11.8 Å². The minimum absolute atomic E-state index is 0.0834. The lowest BCUT2D eigenvalue weighted by atomic mass is 10.2. The summed E-state index contributed by atoms with van der Waals surface area (Å²) in [6, 6.07) is 18.8. The molecular weight excluding hydrogens is 282 g/mol. The van der Waals surface area contributed by atoms with Crippen molar-refractivity contribution in [1.82, 2.24) is 0 Å². The van der Waals surface area contributed by atoms with E-state index in [9.17, 15) is 10.1 Å². The van der Waals surface area contributed by atoms with Gasteiger partial charge in [-0.15, -0.1) is 0 Å². The molecule has 21 heavy (non-hydrogen) atoms. The zero-order chi connectivity index (χ0) is 14.7. The maximum absolute atomic E-state index is 12.2. The summed E-state index contributed by atoms with van der Waals surface area (Å²) >= 11 is 1.39. The highest BCUT2D eigenvalue weighted by Crippen LogP contribution is 2.41. The van der Waals surface area contributed by atoms with Crippen molar-refractivity contribution in [2.24, 2.45) is 0 Å². The Balaban J connectivity index is 1.85. The van der Waals surface area contributed by atoms with Gasteiger partial charge in [0.05, 0.1) is 5.69 Å². The van der Waals surface area contributed by atoms with Gasteiger partial charge >= 0.3 is 0 Å². The number of benzene rings is 2. The molecule has 0 aliphatic carbocycles. The van der Waals surface area contributed by atoms with Gasteiger partial charge in [0, 0.05) is 10.6 Å². The summed E-state index contributed by atoms with van der Waals surface area (Å²) in [5, 5.41) is 15.7. The quantitative estimate of drug-likeness (QED) is 0.656. The number of thioether (sulfide) groups is 1. The van der Waals surface area contributed by atoms with Crippen LogP contribution in [0.2, 0.25) is 0 Å². The lowest BCUT2D eigenvalue weighted by molar-refractivity contribution is -0.112. The van der Waals surface area contributed by atoms with Crippen LogP contribution < -0.4 is 10.6 Å². The normalized spacial score (nSPS) is 14.6. The van der Waals surface area contributed by atoms with E-state index in [4.69, 9.17) is 0 Å². The van der Waals surface area contributed by atoms with Gasteiger partial charge in [-0.2, -0.15) is 5.26 Å². The van der Waals surface area contributed by atoms with E-state index in [0.29, 0.717) is 10.7 Å². The summed E-state index contributed by atoms with van der Waals surface area (Å²) in [6.45, 7) is 0. The lowest BCUT2D eigenvalue weighted by Gasteiger charge is -2.06. The van der Waals surface area contributed by atoms with Crippen LogP contribution in [0.15, 0.2) is 70.1 Å². The molecule has 2 aromatic carbocycles. The van der Waals surface area contributed by atoms with Crippen LogP contribution in [-0.4, -0.2) is 5.91 Å². The van der Waals surface area contributed by atoms with Crippen LogP contribution in [0.1, 0.15) is 0 Å². The van der Waals surface area contributed by atoms with Crippen molar-refractivity contribution < 1.29 is 4.79 Å². The van der Waals surface area contributed by atoms with E-state index >= 15 is 0 Å². The predicted octanol–water partition coefficient (Wildman–Crippen LogP) is 3.58. The predicted molar refractivity (Wildman–Crippen MR) is 83.6 cm³/mol. The minimum Gasteiger partial charge on any atom is -0.348 e. The SMILES string of the molecule is N#CC(C(=O)Nc1ccccc1)=C1Nc2ccccc2S1. The Bertz CT molecular complexity index is 736. The van der Waals surface area contributed by atoms with E-state index in [0.717, 1.165) is 10.6 Å². The summed E-state index contributed by atoms with van der Waals surface area (Å²) < 4.78 is 0. The number of carbonyl (C=O) groups is 1. The Labute approximate surface area is 126 Å². The van der Waals surface area contributed by atoms with Gasteiger partial charge in [0.15, 0.2) is 0 Å². The van der Waals surface area contributed by atoms with Gasteiger partial charge in [0.25, 0.3) is 5.91 Å². The lowest BCUT2D eigenvalue weighted by Crippen LogP contribution is -2.15. The van der Waals surface area contributed by atoms with Gasteiger partial charge in [-0.05, 0) is 24.3 Å². The third kappa shape index (κ3) is 2.76. The summed E-state index contributed by atoms with van der Waals surface area (Å²) in [6.07, 6.45) is 0. The van der Waals surface area contributed by atoms with E-state index in [1.807, 2.05) is 48.5 Å². The summed E-state index contributed by atoms with van der Waals surface area (Å²) in [4.78, 5) is 13.2. The van der Waals surface area contributed by atoms with Crippen LogP contribution in [0, 0.1) is 11.3 Å². The number of amides is 1. The highest BCUT2D eigenvalue weighted by Gasteiger charge is 2.23. The van der Waals surface area contributed by atoms with Gasteiger partial charge in [-0.3, -0.25) is 4.79 Å². The fraction of sp³-hybridized carbons (Fsp3) is 0. The summed E-state index contributed by atoms with van der Waals surface area (Å²) in [7, 11) is 0. The molecule has 5 heteroatoms. The highest BCUT2D eigenvalue weighted by molar-refractivity contribution is 8.03. The monoisotopic (exact) mass is 293 g/mol. The first-order valence-corrected chi connectivity index (χ1v) is 7.14. The maximum Gasteiger partial charge on any atom is 0.269 e. The Morgan fingerprint density at radius 3 is 2.52 bits per heavy atom. The van der Waals surface area contributed by atoms with Crippen LogP contribution in [0.4, 0.5) is 11.4 Å². The first-order chi connectivity index (χ1) is 10.3. The molecule has 0 unspecified atom stereocenters. The van der Waals surface area contributed by atoms with E-state index in [-0.39, 0.29) is 5.57 Å². The Morgan fingerprint density at radius 2 is 1.81 bits per heavy atom. The third-order valence-corrected chi connectivity index (χ3v) is 4.03. The smallest absolute Gasteiger partial charge is 0.269 e. The number of hydrogen-bond acceptors (Lipinski definition) is 4. The van der Waals surface area contributed by atoms with Crippen LogP contribution in [0.25, 0.3) is 0 Å². The molecule has 1 heterocycles. The Morgan fingerprint density at radius 1 is 1.10 bits per heavy atom. The topological polar surface area (TPSA) is 64.9 Å². The van der Waals surface area contributed by atoms with Gasteiger partial charge in [0.1, 0.15) is 16.7 Å². The first-order valence-electron chi connectivity index (χ1n) is 6.32. The molecule has 1 amide bonds. The van der Waals surface area contributed by atoms with Crippen molar-refractivity contribution in [3.8, 4) is 6.07 Å². The van der Waals surface area contributed by atoms with Gasteiger partial charge < -0.3 is 10.6 Å². The molecule has 0 spiro atoms. The number of fused-ring (bicyclic) bond motifs is 1. The number of para-hydroxylation sites is 2. The summed E-state index contributed by atoms with van der Waals surface area (Å²) in [5.74, 6) is -0.411. The molecule has 0 saturated carbocycles. The first kappa shape index (κ1) is 13.3. The van der Waals surface area contributed by atoms with Gasteiger partial charge in [-0.1, -0.05) is 42.1 Å². The molecule has 2 aromatic rings. The van der Waals surface area contributed by atoms with Crippen molar-refractivity contribution >= 4 is 29.0 Å². The van der Waals surface area contributed by atoms with E-state index in [1.54, 1.807) is 12.1 Å². The second-order valence-electron chi connectivity index (χ2n) is 4.36. The van der Waals surface area contributed by atoms with Crippen molar-refractivity contribution in [1.29, 1.82) is 5.26 Å². The zero-order valence-electron chi connectivity index (χ0n) is 11.0. The van der Waals surface area contributed by atoms with E-state index < -0.39 is 5.91 Å². The highest BCUT2D eigenvalue weighted by atomic mass is 32.2. The van der Waals surface area contributed by atoms with Crippen LogP contribution in [-0.2, 0) is 4.79 Å². The number of anilines is 2. The van der Waals surface area contributed by atoms with Crippen LogP contribution in [0.3, 0.4) is 0 Å². The Kier molecular flexibility index (Phi) is 3.63. The second-order valence-corrected chi connectivity index (χ2v) is 5.41. The molecule has 1 aliphatic rings. The molecule has 2 N–H and O–H groups in total. The molecule has 0 radical (unpaired) electrons. The third-order valence-electron chi connectivity index (χ3n) is 2.94. The van der Waals surface area contributed by atoms with Crippen molar-refractivity contribution in [2.45, 2.75) is 4.90 Å². The average molecular weight is 293 g/mol. The number of carbonyl (C=O) groups excluding carboxylic acids is 1. The van der Waals surface area contributed by atoms with E-state index in [2.05, 4.69) is 10.6 Å². The molecule has 0 saturated heterocycles. The average Bonchev–Trinajstić information content (AvgIpc) is 2.92. The van der Waals surface area contributed by atoms with Crippen LogP contribution in [0.5, 0.6) is 0 Å². The fourth-order valence-electron chi connectivity index (χ4n) is 1.95. The number of nitrogens with zero attached hydrogens (tertiary/aromatic N) is 1. The molecule has 0 aromatic heterocycles. The molecule has 0 fully saturated rings. The maximum atomic E-state index is 12.2. The molecule has 102 valence electrons. The standard InChI is InChI=1S/C16H11N3OS/c17-10-12(15(20)18-11-6-2-1-3-7-11)16-19-13-8-4-5-9-14(13)21-16/h1-9,19H,(H,18,20). The zero-order valence-corrected chi connectivity index (χ0v) is 11.8. The molecular formula is C16H11N3OS. The second kappa shape index (κ2) is 5.73. The number of hydrogen-bond donors (Lipinski definition) is 2. The Hall–Kier alpha value is -2.71. The molecule has 0 atom stereocenters. The number of nitriles is 1. The largest absolute Gasteiger partial charge is 0.348 e. The van der Waals surface area contributed by atoms with Crippen molar-refractivity contribution in [3.63, 3.8) is 0 Å². The van der Waals surface area contributed by atoms with Gasteiger partial charge in [-0.25, -0.2) is 0 Å². The summed E-state index contributed by atoms with van der Waals surface area (Å²) in [5.41, 5.74) is 1.66. The van der Waals surface area contributed by atoms with Gasteiger partial charge in [0.2, 0.25) is 0 Å². The molecule has 1 aliphatic heterocycles. The fourth-order valence-corrected chi connectivity index (χ4v) is 2.95. The molecule has 0 bridgehead atoms. The van der Waals surface area contributed by atoms with E-state index in [1.165, 1.54) is 11.8 Å².